The summed E-state index contributed by atoms with van der Waals surface area (Å²) in [4.78, 5) is 37.8. The smallest absolute Gasteiger partial charge is 0.328 e. The number of anilines is 1. The summed E-state index contributed by atoms with van der Waals surface area (Å²) in [5.41, 5.74) is 1.84. The number of amides is 2. The largest absolute Gasteiger partial charge is 0.464 e. The Morgan fingerprint density at radius 3 is 2.14 bits per heavy atom. The summed E-state index contributed by atoms with van der Waals surface area (Å²) in [5.74, 6) is -0.324. The van der Waals surface area contributed by atoms with Gasteiger partial charge in [0.05, 0.1) is 6.61 Å². The molecule has 0 bridgehead atoms. The molecule has 1 rings (SSSR count). The van der Waals surface area contributed by atoms with Crippen molar-refractivity contribution in [3.63, 3.8) is 0 Å². The van der Waals surface area contributed by atoms with E-state index in [1.54, 1.807) is 13.8 Å². The Hall–Kier alpha value is -1.99. The normalized spacial score (nSPS) is 12.6. The van der Waals surface area contributed by atoms with Gasteiger partial charge in [0.15, 0.2) is 0 Å². The first-order valence-electron chi connectivity index (χ1n) is 9.52. The Balaban J connectivity index is 2.89. The number of carbonyl (C=O) groups excluding carboxylic acids is 3. The monoisotopic (exact) mass is 445 g/mol. The van der Waals surface area contributed by atoms with Gasteiger partial charge in [-0.3, -0.25) is 9.59 Å². The first kappa shape index (κ1) is 25.0. The molecule has 162 valence electrons. The maximum Gasteiger partial charge on any atom is 0.328 e. The number of halogens is 2. The predicted octanol–water partition coefficient (Wildman–Crippen LogP) is 2.09. The molecule has 0 spiro atoms. The van der Waals surface area contributed by atoms with Crippen LogP contribution < -0.4 is 15.5 Å². The summed E-state index contributed by atoms with van der Waals surface area (Å²) in [6.45, 7) is 6.14. The molecule has 29 heavy (non-hydrogen) atoms. The molecule has 0 saturated carbocycles. The van der Waals surface area contributed by atoms with Gasteiger partial charge < -0.3 is 20.3 Å². The highest BCUT2D eigenvalue weighted by atomic mass is 35.5. The summed E-state index contributed by atoms with van der Waals surface area (Å²) < 4.78 is 5.09. The van der Waals surface area contributed by atoms with Gasteiger partial charge in [0.2, 0.25) is 11.8 Å². The second-order valence-electron chi connectivity index (χ2n) is 6.47. The summed E-state index contributed by atoms with van der Waals surface area (Å²) in [6.07, 6.45) is 0.267. The molecule has 0 aliphatic rings. The van der Waals surface area contributed by atoms with Crippen molar-refractivity contribution < 1.29 is 19.1 Å². The third kappa shape index (κ3) is 8.92. The van der Waals surface area contributed by atoms with Crippen molar-refractivity contribution in [2.45, 2.75) is 39.3 Å². The van der Waals surface area contributed by atoms with E-state index in [4.69, 9.17) is 27.9 Å². The van der Waals surface area contributed by atoms with Crippen LogP contribution in [0.25, 0.3) is 0 Å². The predicted molar refractivity (Wildman–Crippen MR) is 116 cm³/mol. The highest BCUT2D eigenvalue weighted by molar-refractivity contribution is 6.18. The Kier molecular flexibility index (Phi) is 11.5. The zero-order chi connectivity index (χ0) is 21.8. The molecular formula is C20H29Cl2N3O4. The number of nitrogens with one attached hydrogen (secondary N) is 2. The molecule has 7 nitrogen and oxygen atoms in total. The molecule has 0 fully saturated rings. The third-order valence-corrected chi connectivity index (χ3v) is 4.49. The van der Waals surface area contributed by atoms with Crippen LogP contribution in [0.15, 0.2) is 24.3 Å². The van der Waals surface area contributed by atoms with Gasteiger partial charge in [0.1, 0.15) is 12.1 Å². The average molecular weight is 446 g/mol. The van der Waals surface area contributed by atoms with Gasteiger partial charge in [-0.25, -0.2) is 4.79 Å². The van der Waals surface area contributed by atoms with Crippen molar-refractivity contribution in [1.29, 1.82) is 0 Å². The van der Waals surface area contributed by atoms with Crippen molar-refractivity contribution in [2.75, 3.05) is 36.4 Å². The van der Waals surface area contributed by atoms with Crippen LogP contribution in [-0.4, -0.2) is 61.3 Å². The zero-order valence-corrected chi connectivity index (χ0v) is 18.6. The lowest BCUT2D eigenvalue weighted by molar-refractivity contribution is -0.147. The van der Waals surface area contributed by atoms with Crippen LogP contribution in [0.1, 0.15) is 26.3 Å². The lowest BCUT2D eigenvalue weighted by atomic mass is 10.0. The number of hydrogen-bond acceptors (Lipinski definition) is 5. The molecule has 0 heterocycles. The molecule has 2 atom stereocenters. The number of alkyl halides is 2. The first-order chi connectivity index (χ1) is 13.8. The van der Waals surface area contributed by atoms with E-state index in [-0.39, 0.29) is 18.9 Å². The van der Waals surface area contributed by atoms with Crippen LogP contribution in [0.2, 0.25) is 0 Å². The van der Waals surface area contributed by atoms with Crippen molar-refractivity contribution >= 4 is 46.7 Å². The minimum absolute atomic E-state index is 0.206. The zero-order valence-electron chi connectivity index (χ0n) is 17.0. The number of nitrogens with zero attached hydrogens (tertiary/aromatic N) is 1. The van der Waals surface area contributed by atoms with Crippen LogP contribution in [0.4, 0.5) is 5.69 Å². The number of benzene rings is 1. The van der Waals surface area contributed by atoms with E-state index < -0.39 is 24.0 Å². The minimum atomic E-state index is -0.855. The first-order valence-corrected chi connectivity index (χ1v) is 10.6. The molecule has 1 aromatic carbocycles. The molecule has 1 aromatic rings. The van der Waals surface area contributed by atoms with Gasteiger partial charge in [-0.1, -0.05) is 12.1 Å². The topological polar surface area (TPSA) is 87.7 Å². The fraction of sp³-hybridized carbons (Fsp3) is 0.550. The van der Waals surface area contributed by atoms with Gasteiger partial charge in [0, 0.05) is 43.9 Å². The summed E-state index contributed by atoms with van der Waals surface area (Å²) >= 11 is 11.7. The van der Waals surface area contributed by atoms with Crippen molar-refractivity contribution in [2.24, 2.45) is 0 Å². The fourth-order valence-corrected chi connectivity index (χ4v) is 3.16. The summed E-state index contributed by atoms with van der Waals surface area (Å²) in [6, 6.07) is 6.02. The standard InChI is InChI=1S/C20H29Cl2N3O4/c1-4-29-20(28)18(24-19(27)14(2)23-15(3)26)13-16-5-7-17(8-6-16)25(11-9-21)12-10-22/h5-8,14,18H,4,9-13H2,1-3H3,(H,23,26)(H,24,27)/t14-,18-/m1/s1. The quantitative estimate of drug-likeness (QED) is 0.379. The molecule has 0 saturated heterocycles. The van der Waals surface area contributed by atoms with E-state index in [9.17, 15) is 14.4 Å². The SMILES string of the molecule is CCOC(=O)[C@@H](Cc1ccc(N(CCCl)CCCl)cc1)NC(=O)[C@@H](C)NC(C)=O. The molecule has 2 N–H and O–H groups in total. The van der Waals surface area contributed by atoms with E-state index in [0.29, 0.717) is 24.8 Å². The minimum Gasteiger partial charge on any atom is -0.464 e. The molecule has 9 heteroatoms. The van der Waals surface area contributed by atoms with Crippen molar-refractivity contribution in [1.82, 2.24) is 10.6 Å². The van der Waals surface area contributed by atoms with Crippen LogP contribution in [-0.2, 0) is 25.5 Å². The Morgan fingerprint density at radius 2 is 1.66 bits per heavy atom. The third-order valence-electron chi connectivity index (χ3n) is 4.15. The van der Waals surface area contributed by atoms with Gasteiger partial charge >= 0.3 is 5.97 Å². The van der Waals surface area contributed by atoms with E-state index in [2.05, 4.69) is 15.5 Å². The van der Waals surface area contributed by atoms with Crippen molar-refractivity contribution in [3.05, 3.63) is 29.8 Å². The number of carbonyl (C=O) groups is 3. The number of hydrogen-bond donors (Lipinski definition) is 2. The molecular weight excluding hydrogens is 417 g/mol. The van der Waals surface area contributed by atoms with Gasteiger partial charge in [-0.05, 0) is 31.5 Å². The average Bonchev–Trinajstić information content (AvgIpc) is 2.67. The molecule has 0 radical (unpaired) electrons. The molecule has 0 unspecified atom stereocenters. The maximum absolute atomic E-state index is 12.3. The maximum atomic E-state index is 12.3. The highest BCUT2D eigenvalue weighted by Crippen LogP contribution is 2.17. The second-order valence-corrected chi connectivity index (χ2v) is 7.23. The van der Waals surface area contributed by atoms with Crippen LogP contribution in [0, 0.1) is 0 Å². The summed E-state index contributed by atoms with van der Waals surface area (Å²) in [5, 5.41) is 5.16. The van der Waals surface area contributed by atoms with E-state index in [1.165, 1.54) is 6.92 Å². The second kappa shape index (κ2) is 13.3. The number of esters is 1. The number of ether oxygens (including phenoxy) is 1. The molecule has 0 aliphatic carbocycles. The van der Waals surface area contributed by atoms with Gasteiger partial charge in [0.25, 0.3) is 0 Å². The summed E-state index contributed by atoms with van der Waals surface area (Å²) in [7, 11) is 0. The van der Waals surface area contributed by atoms with Crippen LogP contribution >= 0.6 is 23.2 Å². The lowest BCUT2D eigenvalue weighted by Gasteiger charge is -2.23. The lowest BCUT2D eigenvalue weighted by Crippen LogP contribution is -2.51. The molecule has 0 aromatic heterocycles. The fourth-order valence-electron chi connectivity index (χ4n) is 2.76. The van der Waals surface area contributed by atoms with Gasteiger partial charge in [-0.2, -0.15) is 0 Å². The van der Waals surface area contributed by atoms with Gasteiger partial charge in [-0.15, -0.1) is 23.2 Å². The highest BCUT2D eigenvalue weighted by Gasteiger charge is 2.25. The van der Waals surface area contributed by atoms with E-state index in [1.807, 2.05) is 24.3 Å². The Labute approximate surface area is 182 Å². The van der Waals surface area contributed by atoms with E-state index >= 15 is 0 Å². The number of rotatable bonds is 12. The Morgan fingerprint density at radius 1 is 1.07 bits per heavy atom. The Bertz CT molecular complexity index is 664. The molecule has 2 amide bonds. The van der Waals surface area contributed by atoms with Crippen molar-refractivity contribution in [3.8, 4) is 0 Å². The van der Waals surface area contributed by atoms with Crippen LogP contribution in [0.5, 0.6) is 0 Å². The molecule has 0 aliphatic heterocycles. The van der Waals surface area contributed by atoms with Crippen LogP contribution in [0.3, 0.4) is 0 Å². The van der Waals surface area contributed by atoms with E-state index in [0.717, 1.165) is 11.3 Å².